The Labute approximate surface area is 414 Å². The van der Waals surface area contributed by atoms with Crippen LogP contribution in [0.1, 0.15) is 212 Å². The average molecular weight is 969 g/mol. The molecule has 0 aromatic carbocycles. The SMILES string of the molecule is CCC(C)(C)C(=O)O.CCC(C)(C)C(=O)OC1(CC)CC2CCC1C1C3CCC(CC3)C21.CCC(C)(C)C(=O)OC12CC3CC(CC(O)(C3)C1)C2.CCC(C)(C)C(=O)OC1C2CC3C(=O)OC1C3O2. The predicted molar refractivity (Wildman–Crippen MR) is 261 cm³/mol. The van der Waals surface area contributed by atoms with Gasteiger partial charge in [-0.2, -0.15) is 0 Å². The molecule has 12 unspecified atom stereocenters. The molecule has 10 bridgehead atoms. The Bertz CT molecular complexity index is 1890. The first-order chi connectivity index (χ1) is 32.1. The quantitative estimate of drug-likeness (QED) is 0.140. The molecule has 0 aromatic rings. The van der Waals surface area contributed by atoms with Crippen molar-refractivity contribution in [2.24, 2.45) is 74.9 Å². The number of hydrogen-bond donors (Lipinski definition) is 2. The summed E-state index contributed by atoms with van der Waals surface area (Å²) in [5.74, 6) is 4.98. The van der Waals surface area contributed by atoms with Crippen molar-refractivity contribution in [3.05, 3.63) is 0 Å². The standard InChI is InChI=1S/C22H36O2.C16H26O3.C13H18O5.C6H12O2/c1-5-21(3,4)20(23)24-22(6-2)13-16-11-12-17(22)19-15-9-7-14(8-10-15)18(16)19;1-4-14(2,3)13(17)19-16-8-11-5-12(9-16)7-15(18,6-11)10-16;1-4-13(2,3)12(15)18-9-7-5-6-8(16-7)10(9)17-11(6)14;1-4-6(2,3)5(7)8/h14-19H,5-13H2,1-4H3;11-12,18H,4-10H2,1-3H3;6-10H,4-5H2,1-3H3;4H2,1-3H3,(H,7,8). The number of aliphatic hydroxyl groups is 1. The lowest BCUT2D eigenvalue weighted by atomic mass is 9.42. The lowest BCUT2D eigenvalue weighted by Crippen LogP contribution is -2.63. The van der Waals surface area contributed by atoms with E-state index >= 15 is 0 Å². The summed E-state index contributed by atoms with van der Waals surface area (Å²) in [5.41, 5.74) is -2.87. The Morgan fingerprint density at radius 1 is 0.623 bits per heavy atom. The summed E-state index contributed by atoms with van der Waals surface area (Å²) in [7, 11) is 0. The van der Waals surface area contributed by atoms with Crippen LogP contribution in [0.2, 0.25) is 0 Å². The number of ether oxygens (including phenoxy) is 5. The van der Waals surface area contributed by atoms with Gasteiger partial charge in [-0.1, -0.05) is 34.6 Å². The number of carbonyl (C=O) groups is 5. The van der Waals surface area contributed by atoms with E-state index in [1.807, 2.05) is 62.3 Å². The van der Waals surface area contributed by atoms with E-state index < -0.39 is 40.0 Å². The highest BCUT2D eigenvalue weighted by molar-refractivity contribution is 5.79. The minimum atomic E-state index is -0.722. The maximum atomic E-state index is 12.9. The highest BCUT2D eigenvalue weighted by atomic mass is 16.7. The number of hydrogen-bond acceptors (Lipinski definition) is 11. The highest BCUT2D eigenvalue weighted by Gasteiger charge is 2.66. The summed E-state index contributed by atoms with van der Waals surface area (Å²) in [6.07, 6.45) is 18.9. The number of aliphatic carboxylic acids is 1. The minimum absolute atomic E-state index is 0.0527. The van der Waals surface area contributed by atoms with Gasteiger partial charge in [0.2, 0.25) is 0 Å². The van der Waals surface area contributed by atoms with Gasteiger partial charge in [-0.25, -0.2) is 0 Å². The number of esters is 4. The largest absolute Gasteiger partial charge is 0.481 e. The highest BCUT2D eigenvalue weighted by Crippen LogP contribution is 2.66. The van der Waals surface area contributed by atoms with Crippen molar-refractivity contribution in [1.29, 1.82) is 0 Å². The Balaban J connectivity index is 0.000000143. The molecule has 3 aliphatic heterocycles. The molecule has 10 aliphatic carbocycles. The second kappa shape index (κ2) is 19.6. The van der Waals surface area contributed by atoms with Gasteiger partial charge in [0.15, 0.2) is 12.2 Å². The smallest absolute Gasteiger partial charge is 0.312 e. The summed E-state index contributed by atoms with van der Waals surface area (Å²) < 4.78 is 28.9. The molecule has 12 nitrogen and oxygen atoms in total. The second-order valence-electron chi connectivity index (χ2n) is 26.6. The van der Waals surface area contributed by atoms with Crippen LogP contribution in [-0.4, -0.2) is 81.3 Å². The van der Waals surface area contributed by atoms with Gasteiger partial charge in [-0.15, -0.1) is 0 Å². The Hall–Kier alpha value is -2.73. The molecule has 69 heavy (non-hydrogen) atoms. The fraction of sp³-hybridized carbons (Fsp3) is 0.912. The van der Waals surface area contributed by atoms with Crippen molar-refractivity contribution in [3.63, 3.8) is 0 Å². The van der Waals surface area contributed by atoms with E-state index in [9.17, 15) is 29.1 Å². The number of carboxylic acid groups (broad SMARTS) is 1. The molecule has 13 rings (SSSR count). The van der Waals surface area contributed by atoms with Crippen LogP contribution in [0.15, 0.2) is 0 Å². The third kappa shape index (κ3) is 10.4. The number of carboxylic acids is 1. The zero-order valence-electron chi connectivity index (χ0n) is 44.9. The van der Waals surface area contributed by atoms with Crippen molar-refractivity contribution in [3.8, 4) is 0 Å². The van der Waals surface area contributed by atoms with Crippen LogP contribution in [0.5, 0.6) is 0 Å². The summed E-state index contributed by atoms with van der Waals surface area (Å²) >= 11 is 0. The maximum absolute atomic E-state index is 12.9. The van der Waals surface area contributed by atoms with E-state index in [1.165, 1.54) is 44.9 Å². The van der Waals surface area contributed by atoms with E-state index in [-0.39, 0.29) is 58.6 Å². The number of fused-ring (bicyclic) bond motifs is 5. The van der Waals surface area contributed by atoms with Gasteiger partial charge in [-0.3, -0.25) is 24.0 Å². The molecule has 0 spiro atoms. The van der Waals surface area contributed by atoms with Crippen molar-refractivity contribution in [2.45, 2.75) is 253 Å². The Morgan fingerprint density at radius 2 is 1.13 bits per heavy atom. The monoisotopic (exact) mass is 969 g/mol. The fourth-order valence-electron chi connectivity index (χ4n) is 14.8. The Morgan fingerprint density at radius 3 is 1.62 bits per heavy atom. The summed E-state index contributed by atoms with van der Waals surface area (Å²) in [4.78, 5) is 59.1. The van der Waals surface area contributed by atoms with Gasteiger partial charge in [0.25, 0.3) is 0 Å². The molecule has 2 N–H and O–H groups in total. The van der Waals surface area contributed by atoms with Crippen LogP contribution in [0.4, 0.5) is 0 Å². The molecule has 392 valence electrons. The third-order valence-corrected chi connectivity index (χ3v) is 20.5. The zero-order chi connectivity index (χ0) is 50.9. The number of carbonyl (C=O) groups excluding carboxylic acids is 4. The summed E-state index contributed by atoms with van der Waals surface area (Å²) in [6, 6.07) is 0. The predicted octanol–water partition coefficient (Wildman–Crippen LogP) is 11.2. The molecule has 0 aromatic heterocycles. The molecule has 12 atom stereocenters. The van der Waals surface area contributed by atoms with Gasteiger partial charge in [0.1, 0.15) is 17.3 Å². The van der Waals surface area contributed by atoms with Crippen molar-refractivity contribution >= 4 is 29.8 Å². The summed E-state index contributed by atoms with van der Waals surface area (Å²) in [5, 5.41) is 19.1. The Kier molecular flexibility index (Phi) is 15.4. The van der Waals surface area contributed by atoms with Gasteiger partial charge >= 0.3 is 29.8 Å². The van der Waals surface area contributed by atoms with Crippen LogP contribution >= 0.6 is 0 Å². The first-order valence-corrected chi connectivity index (χ1v) is 27.6. The number of rotatable bonds is 12. The zero-order valence-corrected chi connectivity index (χ0v) is 44.9. The molecule has 12 heteroatoms. The maximum Gasteiger partial charge on any atom is 0.312 e. The molecule has 0 amide bonds. The molecular formula is C57H92O12. The average Bonchev–Trinajstić information content (AvgIpc) is 3.95. The lowest BCUT2D eigenvalue weighted by molar-refractivity contribution is -0.229. The van der Waals surface area contributed by atoms with E-state index in [2.05, 4.69) is 13.8 Å². The van der Waals surface area contributed by atoms with Crippen molar-refractivity contribution in [2.75, 3.05) is 0 Å². The molecule has 13 fully saturated rings. The van der Waals surface area contributed by atoms with E-state index in [1.54, 1.807) is 13.8 Å². The van der Waals surface area contributed by atoms with Gasteiger partial charge < -0.3 is 33.9 Å². The van der Waals surface area contributed by atoms with Crippen LogP contribution in [0.3, 0.4) is 0 Å². The minimum Gasteiger partial charge on any atom is -0.481 e. The second-order valence-corrected chi connectivity index (χ2v) is 26.6. The van der Waals surface area contributed by atoms with Gasteiger partial charge in [0, 0.05) is 12.3 Å². The van der Waals surface area contributed by atoms with E-state index in [0.29, 0.717) is 43.4 Å². The topological polar surface area (TPSA) is 172 Å². The van der Waals surface area contributed by atoms with Gasteiger partial charge in [-0.05, 0) is 212 Å². The normalized spacial score (nSPS) is 40.5. The molecule has 3 saturated heterocycles. The third-order valence-electron chi connectivity index (χ3n) is 20.5. The van der Waals surface area contributed by atoms with E-state index in [4.69, 9.17) is 28.8 Å². The molecular weight excluding hydrogens is 877 g/mol. The van der Waals surface area contributed by atoms with Crippen LogP contribution < -0.4 is 0 Å². The van der Waals surface area contributed by atoms with Crippen LogP contribution in [-0.2, 0) is 47.7 Å². The summed E-state index contributed by atoms with van der Waals surface area (Å²) in [6.45, 7) is 25.3. The van der Waals surface area contributed by atoms with Crippen LogP contribution in [0.25, 0.3) is 0 Å². The molecule has 13 aliphatic rings. The lowest BCUT2D eigenvalue weighted by Gasteiger charge is -2.65. The first kappa shape index (κ1) is 54.1. The molecule has 0 radical (unpaired) electrons. The van der Waals surface area contributed by atoms with E-state index in [0.717, 1.165) is 81.0 Å². The molecule has 10 saturated carbocycles. The van der Waals surface area contributed by atoms with Crippen molar-refractivity contribution in [1.82, 2.24) is 0 Å². The fourth-order valence-corrected chi connectivity index (χ4v) is 14.8. The van der Waals surface area contributed by atoms with Gasteiger partial charge in [0.05, 0.1) is 39.3 Å². The molecule has 3 heterocycles. The van der Waals surface area contributed by atoms with Crippen LogP contribution in [0, 0.1) is 74.9 Å². The first-order valence-electron chi connectivity index (χ1n) is 27.6. The van der Waals surface area contributed by atoms with Crippen molar-refractivity contribution < 1.29 is 57.9 Å².